The summed E-state index contributed by atoms with van der Waals surface area (Å²) in [6, 6.07) is 28.8. The van der Waals surface area contributed by atoms with Crippen LogP contribution >= 0.6 is 0 Å². The third-order valence-electron chi connectivity index (χ3n) is 7.27. The standard InChI is InChI=1S/C31H27N5O/c1-32-25-19-27(23-7-3-2-4-8-23)30(33-20-25)24-13-11-22(12-14-24)21-35-17-15-26(16-18-35)36-29-10-6-5-9-28(29)34-31(36)37/h2-14,19-20,26H,15-18,21H2,(H,34,37). The summed E-state index contributed by atoms with van der Waals surface area (Å²) >= 11 is 0. The number of piperidine rings is 1. The summed E-state index contributed by atoms with van der Waals surface area (Å²) in [6.07, 6.45) is 3.56. The molecule has 182 valence electrons. The second kappa shape index (κ2) is 9.88. The molecule has 0 radical (unpaired) electrons. The van der Waals surface area contributed by atoms with Crippen molar-refractivity contribution in [1.82, 2.24) is 19.4 Å². The molecule has 1 aliphatic heterocycles. The topological polar surface area (TPSA) is 58.3 Å². The van der Waals surface area contributed by atoms with Crippen LogP contribution in [0.5, 0.6) is 0 Å². The lowest BCUT2D eigenvalue weighted by molar-refractivity contribution is 0.180. The van der Waals surface area contributed by atoms with Crippen molar-refractivity contribution >= 4 is 16.7 Å². The number of hydrogen-bond acceptors (Lipinski definition) is 3. The zero-order valence-electron chi connectivity index (χ0n) is 20.5. The van der Waals surface area contributed by atoms with Crippen LogP contribution in [0.15, 0.2) is 95.9 Å². The maximum Gasteiger partial charge on any atom is 0.326 e. The fraction of sp³-hybridized carbons (Fsp3) is 0.194. The van der Waals surface area contributed by atoms with E-state index in [2.05, 4.69) is 56.1 Å². The number of nitrogens with zero attached hydrogens (tertiary/aromatic N) is 4. The van der Waals surface area contributed by atoms with Crippen LogP contribution in [0.2, 0.25) is 0 Å². The van der Waals surface area contributed by atoms with Crippen LogP contribution < -0.4 is 5.69 Å². The summed E-state index contributed by atoms with van der Waals surface area (Å²) in [5.41, 5.74) is 7.63. The fourth-order valence-corrected chi connectivity index (χ4v) is 5.38. The molecule has 1 N–H and O–H groups in total. The van der Waals surface area contributed by atoms with Crippen molar-refractivity contribution in [1.29, 1.82) is 0 Å². The van der Waals surface area contributed by atoms with Crippen molar-refractivity contribution in [2.45, 2.75) is 25.4 Å². The molecule has 1 saturated heterocycles. The number of H-pyrrole nitrogens is 1. The number of para-hydroxylation sites is 2. The highest BCUT2D eigenvalue weighted by Gasteiger charge is 2.23. The first-order valence-corrected chi connectivity index (χ1v) is 12.6. The monoisotopic (exact) mass is 485 g/mol. The van der Waals surface area contributed by atoms with Crippen LogP contribution in [0.1, 0.15) is 24.4 Å². The van der Waals surface area contributed by atoms with Crippen molar-refractivity contribution < 1.29 is 0 Å². The molecule has 3 heterocycles. The van der Waals surface area contributed by atoms with Crippen LogP contribution in [0.3, 0.4) is 0 Å². The van der Waals surface area contributed by atoms with Crippen LogP contribution in [0, 0.1) is 6.57 Å². The van der Waals surface area contributed by atoms with Gasteiger partial charge in [0.25, 0.3) is 0 Å². The minimum atomic E-state index is -0.0110. The molecule has 3 aromatic carbocycles. The van der Waals surface area contributed by atoms with Crippen molar-refractivity contribution in [3.63, 3.8) is 0 Å². The van der Waals surface area contributed by atoms with Gasteiger partial charge in [-0.3, -0.25) is 14.5 Å². The lowest BCUT2D eigenvalue weighted by Gasteiger charge is -2.32. The van der Waals surface area contributed by atoms with E-state index in [4.69, 9.17) is 6.57 Å². The van der Waals surface area contributed by atoms with E-state index in [1.165, 1.54) is 5.56 Å². The van der Waals surface area contributed by atoms with Gasteiger partial charge in [-0.05, 0) is 47.7 Å². The molecule has 0 spiro atoms. The van der Waals surface area contributed by atoms with E-state index in [1.54, 1.807) is 6.20 Å². The van der Waals surface area contributed by atoms with Gasteiger partial charge < -0.3 is 4.98 Å². The Bertz CT molecular complexity index is 1640. The molecular weight excluding hydrogens is 458 g/mol. The molecular formula is C31H27N5O. The number of aromatic nitrogens is 3. The lowest BCUT2D eigenvalue weighted by atomic mass is 9.98. The van der Waals surface area contributed by atoms with Crippen molar-refractivity contribution in [2.75, 3.05) is 13.1 Å². The number of aromatic amines is 1. The number of nitrogens with one attached hydrogen (secondary N) is 1. The fourth-order valence-electron chi connectivity index (χ4n) is 5.38. The Labute approximate surface area is 215 Å². The molecule has 0 amide bonds. The molecule has 0 bridgehead atoms. The van der Waals surface area contributed by atoms with E-state index in [1.807, 2.05) is 53.1 Å². The van der Waals surface area contributed by atoms with E-state index in [9.17, 15) is 4.79 Å². The summed E-state index contributed by atoms with van der Waals surface area (Å²) in [5.74, 6) is 0. The summed E-state index contributed by atoms with van der Waals surface area (Å²) < 4.78 is 1.94. The molecule has 6 nitrogen and oxygen atoms in total. The Balaban J connectivity index is 1.16. The van der Waals surface area contributed by atoms with Crippen molar-refractivity contribution in [3.05, 3.63) is 119 Å². The van der Waals surface area contributed by atoms with E-state index >= 15 is 0 Å². The Morgan fingerprint density at radius 2 is 1.65 bits per heavy atom. The summed E-state index contributed by atoms with van der Waals surface area (Å²) in [7, 11) is 0. The highest BCUT2D eigenvalue weighted by Crippen LogP contribution is 2.33. The van der Waals surface area contributed by atoms with Gasteiger partial charge in [0.2, 0.25) is 5.69 Å². The molecule has 1 aliphatic rings. The molecule has 0 unspecified atom stereocenters. The number of rotatable bonds is 5. The average molecular weight is 486 g/mol. The average Bonchev–Trinajstić information content (AvgIpc) is 3.30. The second-order valence-corrected chi connectivity index (χ2v) is 9.59. The SMILES string of the molecule is [C-]#[N+]c1cnc(-c2ccc(CN3CCC(n4c(=O)[nH]c5ccccc54)CC3)cc2)c(-c2ccccc2)c1. The molecule has 0 atom stereocenters. The first-order chi connectivity index (χ1) is 18.2. The zero-order valence-corrected chi connectivity index (χ0v) is 20.5. The van der Waals surface area contributed by atoms with Crippen LogP contribution in [0.4, 0.5) is 5.69 Å². The molecule has 6 rings (SSSR count). The van der Waals surface area contributed by atoms with Crippen LogP contribution in [0.25, 0.3) is 38.3 Å². The molecule has 37 heavy (non-hydrogen) atoms. The molecule has 2 aromatic heterocycles. The highest BCUT2D eigenvalue weighted by molar-refractivity contribution is 5.83. The van der Waals surface area contributed by atoms with Gasteiger partial charge in [-0.25, -0.2) is 9.64 Å². The normalized spacial score (nSPS) is 14.6. The Morgan fingerprint density at radius 3 is 2.41 bits per heavy atom. The Hall–Kier alpha value is -4.47. The number of likely N-dealkylation sites (tertiary alicyclic amines) is 1. The number of hydrogen-bond donors (Lipinski definition) is 1. The maximum absolute atomic E-state index is 12.6. The predicted molar refractivity (Wildman–Crippen MR) is 147 cm³/mol. The maximum atomic E-state index is 12.6. The van der Waals surface area contributed by atoms with E-state index in [0.717, 1.165) is 65.9 Å². The summed E-state index contributed by atoms with van der Waals surface area (Å²) in [6.45, 7) is 10.2. The lowest BCUT2D eigenvalue weighted by Crippen LogP contribution is -2.36. The van der Waals surface area contributed by atoms with Gasteiger partial charge in [0, 0.05) is 37.4 Å². The molecule has 5 aromatic rings. The predicted octanol–water partition coefficient (Wildman–Crippen LogP) is 6.45. The number of imidazole rings is 1. The summed E-state index contributed by atoms with van der Waals surface area (Å²) in [5, 5.41) is 0. The van der Waals surface area contributed by atoms with Gasteiger partial charge in [-0.2, -0.15) is 0 Å². The van der Waals surface area contributed by atoms with Crippen molar-refractivity contribution in [3.8, 4) is 22.4 Å². The van der Waals surface area contributed by atoms with E-state index < -0.39 is 0 Å². The Kier molecular flexibility index (Phi) is 6.13. The Morgan fingerprint density at radius 1 is 0.919 bits per heavy atom. The molecule has 0 aliphatic carbocycles. The van der Waals surface area contributed by atoms with Gasteiger partial charge in [-0.1, -0.05) is 66.7 Å². The first kappa shape index (κ1) is 23.0. The van der Waals surface area contributed by atoms with Gasteiger partial charge >= 0.3 is 5.69 Å². The second-order valence-electron chi connectivity index (χ2n) is 9.59. The van der Waals surface area contributed by atoms with E-state index in [0.29, 0.717) is 5.69 Å². The largest absolute Gasteiger partial charge is 0.326 e. The van der Waals surface area contributed by atoms with Gasteiger partial charge in [0.15, 0.2) is 0 Å². The van der Waals surface area contributed by atoms with E-state index in [-0.39, 0.29) is 11.7 Å². The first-order valence-electron chi connectivity index (χ1n) is 12.6. The van der Waals surface area contributed by atoms with Crippen LogP contribution in [-0.4, -0.2) is 32.5 Å². The highest BCUT2D eigenvalue weighted by atomic mass is 16.1. The smallest absolute Gasteiger partial charge is 0.306 e. The zero-order chi connectivity index (χ0) is 25.2. The quantitative estimate of drug-likeness (QED) is 0.291. The van der Waals surface area contributed by atoms with Crippen LogP contribution in [-0.2, 0) is 6.54 Å². The molecule has 0 saturated carbocycles. The number of benzene rings is 3. The van der Waals surface area contributed by atoms with Crippen molar-refractivity contribution in [2.24, 2.45) is 0 Å². The summed E-state index contributed by atoms with van der Waals surface area (Å²) in [4.78, 5) is 26.3. The minimum absolute atomic E-state index is 0.0110. The molecule has 6 heteroatoms. The van der Waals surface area contributed by atoms with Gasteiger partial charge in [-0.15, -0.1) is 0 Å². The number of fused-ring (bicyclic) bond motifs is 1. The van der Waals surface area contributed by atoms with Gasteiger partial charge in [0.1, 0.15) is 0 Å². The van der Waals surface area contributed by atoms with Gasteiger partial charge in [0.05, 0.1) is 23.3 Å². The minimum Gasteiger partial charge on any atom is -0.306 e. The number of pyridine rings is 1. The third-order valence-corrected chi connectivity index (χ3v) is 7.27. The molecule has 1 fully saturated rings. The third kappa shape index (κ3) is 4.57.